The van der Waals surface area contributed by atoms with Gasteiger partial charge in [0.25, 0.3) is 0 Å². The molecule has 1 heterocycles. The highest BCUT2D eigenvalue weighted by Gasteiger charge is 2.34. The van der Waals surface area contributed by atoms with Crippen LogP contribution in [0.1, 0.15) is 19.3 Å². The van der Waals surface area contributed by atoms with Crippen LogP contribution < -0.4 is 11.1 Å². The molecule has 3 atom stereocenters. The van der Waals surface area contributed by atoms with Crippen molar-refractivity contribution in [2.45, 2.75) is 25.3 Å². The predicted molar refractivity (Wildman–Crippen MR) is 41.7 cm³/mol. The minimum atomic E-state index is 0.446. The highest BCUT2D eigenvalue weighted by molar-refractivity contribution is 4.90. The minimum absolute atomic E-state index is 0.446. The zero-order valence-electron chi connectivity index (χ0n) is 6.34. The van der Waals surface area contributed by atoms with Crippen LogP contribution in [0.2, 0.25) is 0 Å². The maximum atomic E-state index is 5.96. The average Bonchev–Trinajstić information content (AvgIpc) is 2.36. The topological polar surface area (TPSA) is 38.0 Å². The average molecular weight is 140 g/mol. The van der Waals surface area contributed by atoms with Crippen molar-refractivity contribution in [2.75, 3.05) is 13.1 Å². The Morgan fingerprint density at radius 3 is 2.90 bits per heavy atom. The van der Waals surface area contributed by atoms with Gasteiger partial charge in [0.05, 0.1) is 0 Å². The Labute approximate surface area is 62.2 Å². The molecule has 10 heavy (non-hydrogen) atoms. The Bertz CT molecular complexity index is 124. The maximum Gasteiger partial charge on any atom is 0.0197 e. The molecule has 1 saturated carbocycles. The van der Waals surface area contributed by atoms with Crippen molar-refractivity contribution >= 4 is 0 Å². The molecule has 1 saturated heterocycles. The van der Waals surface area contributed by atoms with Crippen molar-refractivity contribution in [3.8, 4) is 0 Å². The molecule has 0 aromatic rings. The van der Waals surface area contributed by atoms with Crippen LogP contribution in [-0.4, -0.2) is 19.1 Å². The van der Waals surface area contributed by atoms with E-state index in [0.29, 0.717) is 6.04 Å². The lowest BCUT2D eigenvalue weighted by Gasteiger charge is -2.31. The van der Waals surface area contributed by atoms with Gasteiger partial charge >= 0.3 is 0 Å². The predicted octanol–water partition coefficient (Wildman–Crippen LogP) is 0.333. The summed E-state index contributed by atoms with van der Waals surface area (Å²) in [4.78, 5) is 0. The number of hydrogen-bond acceptors (Lipinski definition) is 2. The SMILES string of the molecule is N[C@@H]1CNC[C@@H]2CCC[C@@H]21. The first-order chi connectivity index (χ1) is 4.88. The van der Waals surface area contributed by atoms with Crippen LogP contribution >= 0.6 is 0 Å². The molecule has 1 aliphatic carbocycles. The summed E-state index contributed by atoms with van der Waals surface area (Å²) in [6.45, 7) is 2.26. The first-order valence-corrected chi connectivity index (χ1v) is 4.34. The van der Waals surface area contributed by atoms with Crippen LogP contribution in [0.3, 0.4) is 0 Å². The second-order valence-corrected chi connectivity index (χ2v) is 3.68. The van der Waals surface area contributed by atoms with Gasteiger partial charge in [0.2, 0.25) is 0 Å². The fourth-order valence-corrected chi connectivity index (χ4v) is 2.47. The number of nitrogens with two attached hydrogens (primary N) is 1. The Morgan fingerprint density at radius 2 is 2.10 bits per heavy atom. The highest BCUT2D eigenvalue weighted by Crippen LogP contribution is 2.34. The van der Waals surface area contributed by atoms with Gasteiger partial charge in [-0.1, -0.05) is 6.42 Å². The van der Waals surface area contributed by atoms with Gasteiger partial charge in [0.15, 0.2) is 0 Å². The van der Waals surface area contributed by atoms with Crippen molar-refractivity contribution < 1.29 is 0 Å². The van der Waals surface area contributed by atoms with Crippen LogP contribution in [-0.2, 0) is 0 Å². The lowest BCUT2D eigenvalue weighted by Crippen LogP contribution is -2.49. The molecule has 0 radical (unpaired) electrons. The molecule has 0 unspecified atom stereocenters. The quantitative estimate of drug-likeness (QED) is 0.509. The Balaban J connectivity index is 2.03. The normalized spacial score (nSPS) is 47.1. The first kappa shape index (κ1) is 6.62. The summed E-state index contributed by atoms with van der Waals surface area (Å²) in [5, 5.41) is 3.38. The van der Waals surface area contributed by atoms with Gasteiger partial charge in [0.1, 0.15) is 0 Å². The van der Waals surface area contributed by atoms with Crippen molar-refractivity contribution in [1.29, 1.82) is 0 Å². The van der Waals surface area contributed by atoms with Crippen LogP contribution in [0.4, 0.5) is 0 Å². The second kappa shape index (κ2) is 2.51. The van der Waals surface area contributed by atoms with Gasteiger partial charge in [-0.05, 0) is 31.2 Å². The molecule has 2 rings (SSSR count). The van der Waals surface area contributed by atoms with Gasteiger partial charge in [-0.25, -0.2) is 0 Å². The van der Waals surface area contributed by atoms with Crippen LogP contribution in [0.25, 0.3) is 0 Å². The number of fused-ring (bicyclic) bond motifs is 1. The van der Waals surface area contributed by atoms with Crippen molar-refractivity contribution in [3.63, 3.8) is 0 Å². The highest BCUT2D eigenvalue weighted by atomic mass is 14.9. The Hall–Kier alpha value is -0.0800. The fraction of sp³-hybridized carbons (Fsp3) is 1.00. The lowest BCUT2D eigenvalue weighted by molar-refractivity contribution is 0.258. The summed E-state index contributed by atoms with van der Waals surface area (Å²) in [5.41, 5.74) is 5.96. The Kier molecular flexibility index (Phi) is 1.66. The molecule has 2 aliphatic rings. The maximum absolute atomic E-state index is 5.96. The van der Waals surface area contributed by atoms with E-state index in [4.69, 9.17) is 5.73 Å². The summed E-state index contributed by atoms with van der Waals surface area (Å²) >= 11 is 0. The van der Waals surface area contributed by atoms with E-state index in [1.807, 2.05) is 0 Å². The molecule has 1 aliphatic heterocycles. The standard InChI is InChI=1S/C8H16N2/c9-8-5-10-4-6-2-1-3-7(6)8/h6-8,10H,1-5,9H2/t6-,7-,8+/m0/s1. The Morgan fingerprint density at radius 1 is 1.20 bits per heavy atom. The van der Waals surface area contributed by atoms with Gasteiger partial charge in [-0.2, -0.15) is 0 Å². The third kappa shape index (κ3) is 0.956. The van der Waals surface area contributed by atoms with E-state index in [2.05, 4.69) is 5.32 Å². The zero-order valence-corrected chi connectivity index (χ0v) is 6.34. The van der Waals surface area contributed by atoms with Crippen molar-refractivity contribution in [1.82, 2.24) is 5.32 Å². The van der Waals surface area contributed by atoms with E-state index in [0.717, 1.165) is 18.4 Å². The van der Waals surface area contributed by atoms with Gasteiger partial charge < -0.3 is 11.1 Å². The summed E-state index contributed by atoms with van der Waals surface area (Å²) in [6, 6.07) is 0.446. The monoisotopic (exact) mass is 140 g/mol. The van der Waals surface area contributed by atoms with Crippen LogP contribution in [0.15, 0.2) is 0 Å². The summed E-state index contributed by atoms with van der Waals surface area (Å²) in [7, 11) is 0. The molecular formula is C8H16N2. The molecule has 58 valence electrons. The van der Waals surface area contributed by atoms with E-state index in [-0.39, 0.29) is 0 Å². The molecule has 3 N–H and O–H groups in total. The lowest BCUT2D eigenvalue weighted by atomic mass is 9.86. The second-order valence-electron chi connectivity index (χ2n) is 3.68. The molecule has 0 aromatic carbocycles. The zero-order chi connectivity index (χ0) is 6.97. The van der Waals surface area contributed by atoms with E-state index < -0.39 is 0 Å². The molecule has 2 nitrogen and oxygen atoms in total. The smallest absolute Gasteiger partial charge is 0.0197 e. The van der Waals surface area contributed by atoms with E-state index >= 15 is 0 Å². The van der Waals surface area contributed by atoms with Crippen LogP contribution in [0, 0.1) is 11.8 Å². The molecule has 0 amide bonds. The minimum Gasteiger partial charge on any atom is -0.326 e. The third-order valence-electron chi connectivity index (χ3n) is 3.05. The van der Waals surface area contributed by atoms with E-state index in [1.165, 1.54) is 25.8 Å². The number of piperidine rings is 1. The number of hydrogen-bond donors (Lipinski definition) is 2. The summed E-state index contributed by atoms with van der Waals surface area (Å²) < 4.78 is 0. The molecule has 0 bridgehead atoms. The van der Waals surface area contributed by atoms with Gasteiger partial charge in [-0.15, -0.1) is 0 Å². The number of rotatable bonds is 0. The molecule has 0 spiro atoms. The number of nitrogens with one attached hydrogen (secondary N) is 1. The third-order valence-corrected chi connectivity index (χ3v) is 3.05. The molecule has 2 heteroatoms. The van der Waals surface area contributed by atoms with Crippen molar-refractivity contribution in [2.24, 2.45) is 17.6 Å². The van der Waals surface area contributed by atoms with Gasteiger partial charge in [0, 0.05) is 12.6 Å². The largest absolute Gasteiger partial charge is 0.326 e. The summed E-state index contributed by atoms with van der Waals surface area (Å²) in [6.07, 6.45) is 4.20. The fourth-order valence-electron chi connectivity index (χ4n) is 2.47. The summed E-state index contributed by atoms with van der Waals surface area (Å²) in [5.74, 6) is 1.75. The van der Waals surface area contributed by atoms with E-state index in [9.17, 15) is 0 Å². The van der Waals surface area contributed by atoms with Gasteiger partial charge in [-0.3, -0.25) is 0 Å². The first-order valence-electron chi connectivity index (χ1n) is 4.34. The van der Waals surface area contributed by atoms with E-state index in [1.54, 1.807) is 0 Å². The molecule has 2 fully saturated rings. The van der Waals surface area contributed by atoms with Crippen LogP contribution in [0.5, 0.6) is 0 Å². The molecule has 0 aromatic heterocycles. The van der Waals surface area contributed by atoms with Crippen molar-refractivity contribution in [3.05, 3.63) is 0 Å². The molecular weight excluding hydrogens is 124 g/mol.